The second kappa shape index (κ2) is 5.06. The lowest BCUT2D eigenvalue weighted by Gasteiger charge is -2.33. The first-order chi connectivity index (χ1) is 8.11. The van der Waals surface area contributed by atoms with E-state index in [1.165, 1.54) is 0 Å². The van der Waals surface area contributed by atoms with Crippen LogP contribution in [0.3, 0.4) is 0 Å². The van der Waals surface area contributed by atoms with Gasteiger partial charge in [0.25, 0.3) is 0 Å². The van der Waals surface area contributed by atoms with Gasteiger partial charge in [0.2, 0.25) is 0 Å². The highest BCUT2D eigenvalue weighted by molar-refractivity contribution is 6.61. The number of hydrogen-bond donors (Lipinski definition) is 0. The normalized spacial score (nSPS) is 19.1. The molecule has 0 radical (unpaired) electrons. The topological polar surface area (TPSA) is 40.6 Å². The van der Waals surface area contributed by atoms with Crippen LogP contribution in [0.15, 0.2) is 18.5 Å². The van der Waals surface area contributed by atoms with Crippen molar-refractivity contribution in [1.29, 1.82) is 0 Å². The van der Waals surface area contributed by atoms with Crippen LogP contribution in [0.1, 0.15) is 20.8 Å². The van der Waals surface area contributed by atoms with Crippen LogP contribution in [0.25, 0.3) is 0 Å². The molecule has 1 saturated heterocycles. The van der Waals surface area contributed by atoms with E-state index in [1.54, 1.807) is 12.4 Å². The summed E-state index contributed by atoms with van der Waals surface area (Å²) in [6, 6.07) is 1.92. The molecule has 1 aromatic rings. The monoisotopic (exact) mass is 235 g/mol. The van der Waals surface area contributed by atoms with E-state index in [4.69, 9.17) is 14.0 Å². The molecule has 0 bridgehead atoms. The summed E-state index contributed by atoms with van der Waals surface area (Å²) in [4.78, 5) is 4.13. The fourth-order valence-electron chi connectivity index (χ4n) is 1.69. The molecule has 17 heavy (non-hydrogen) atoms. The summed E-state index contributed by atoms with van der Waals surface area (Å²) in [5.74, 6) is 0.752. The lowest BCUT2D eigenvalue weighted by Crippen LogP contribution is -2.47. The van der Waals surface area contributed by atoms with E-state index in [0.29, 0.717) is 19.8 Å². The number of aromatic nitrogens is 1. The molecular formula is C12H18BNO3. The van der Waals surface area contributed by atoms with Crippen molar-refractivity contribution < 1.29 is 14.0 Å². The van der Waals surface area contributed by atoms with Gasteiger partial charge in [-0.2, -0.15) is 0 Å². The smallest absolute Gasteiger partial charge is 0.492 e. The third-order valence-corrected chi connectivity index (χ3v) is 2.57. The summed E-state index contributed by atoms with van der Waals surface area (Å²) in [5.41, 5.74) is 0.994. The van der Waals surface area contributed by atoms with E-state index >= 15 is 0 Å². The Hall–Kier alpha value is -1.07. The Morgan fingerprint density at radius 2 is 2.06 bits per heavy atom. The van der Waals surface area contributed by atoms with Gasteiger partial charge in [-0.25, -0.2) is 0 Å². The maximum absolute atomic E-state index is 5.69. The molecule has 2 heterocycles. The summed E-state index contributed by atoms with van der Waals surface area (Å²) in [6.45, 7) is 8.20. The minimum Gasteiger partial charge on any atom is -0.492 e. The SMILES string of the molecule is CCOc1cncc(B2OCC(C)(C)CO2)c1. The minimum absolute atomic E-state index is 0.0848. The molecule has 4 nitrogen and oxygen atoms in total. The molecular weight excluding hydrogens is 217 g/mol. The fraction of sp³-hybridized carbons (Fsp3) is 0.583. The molecule has 0 spiro atoms. The third-order valence-electron chi connectivity index (χ3n) is 2.57. The molecule has 0 unspecified atom stereocenters. The largest absolute Gasteiger partial charge is 0.495 e. The zero-order chi connectivity index (χ0) is 12.3. The molecule has 0 atom stereocenters. The summed E-state index contributed by atoms with van der Waals surface area (Å²) in [7, 11) is -0.323. The zero-order valence-corrected chi connectivity index (χ0v) is 10.6. The van der Waals surface area contributed by atoms with Crippen LogP contribution >= 0.6 is 0 Å². The first kappa shape index (κ1) is 12.4. The van der Waals surface area contributed by atoms with Crippen molar-refractivity contribution in [1.82, 2.24) is 4.98 Å². The maximum atomic E-state index is 5.69. The molecule has 0 amide bonds. The summed E-state index contributed by atoms with van der Waals surface area (Å²) in [6.07, 6.45) is 3.45. The predicted octanol–water partition coefficient (Wildman–Crippen LogP) is 1.25. The summed E-state index contributed by atoms with van der Waals surface area (Å²) < 4.78 is 16.8. The number of rotatable bonds is 3. The first-order valence-electron chi connectivity index (χ1n) is 5.92. The van der Waals surface area contributed by atoms with E-state index in [1.807, 2.05) is 13.0 Å². The Balaban J connectivity index is 2.05. The van der Waals surface area contributed by atoms with Crippen molar-refractivity contribution in [2.75, 3.05) is 19.8 Å². The van der Waals surface area contributed by atoms with Gasteiger partial charge in [-0.05, 0) is 13.0 Å². The van der Waals surface area contributed by atoms with Gasteiger partial charge in [0.05, 0.1) is 12.8 Å². The van der Waals surface area contributed by atoms with Gasteiger partial charge in [0, 0.05) is 30.3 Å². The number of hydrogen-bond acceptors (Lipinski definition) is 4. The van der Waals surface area contributed by atoms with Crippen molar-refractivity contribution in [3.8, 4) is 5.75 Å². The first-order valence-corrected chi connectivity index (χ1v) is 5.92. The lowest BCUT2D eigenvalue weighted by atomic mass is 9.77. The van der Waals surface area contributed by atoms with E-state index < -0.39 is 0 Å². The quantitative estimate of drug-likeness (QED) is 0.739. The Labute approximate surface area is 102 Å². The van der Waals surface area contributed by atoms with E-state index in [-0.39, 0.29) is 12.5 Å². The zero-order valence-electron chi connectivity index (χ0n) is 10.6. The number of pyridine rings is 1. The Morgan fingerprint density at radius 3 is 2.71 bits per heavy atom. The van der Waals surface area contributed by atoms with Crippen LogP contribution in [-0.4, -0.2) is 31.9 Å². The average molecular weight is 235 g/mol. The molecule has 0 saturated carbocycles. The lowest BCUT2D eigenvalue weighted by molar-refractivity contribution is 0.0342. The highest BCUT2D eigenvalue weighted by atomic mass is 16.6. The molecule has 1 aliphatic rings. The molecule has 92 valence electrons. The Bertz CT molecular complexity index is 374. The molecule has 1 aromatic heterocycles. The third kappa shape index (κ3) is 3.20. The second-order valence-electron chi connectivity index (χ2n) is 5.01. The van der Waals surface area contributed by atoms with Crippen LogP contribution in [-0.2, 0) is 9.31 Å². The van der Waals surface area contributed by atoms with Crippen molar-refractivity contribution in [2.45, 2.75) is 20.8 Å². The molecule has 2 rings (SSSR count). The Kier molecular flexibility index (Phi) is 3.69. The molecule has 1 aliphatic heterocycles. The van der Waals surface area contributed by atoms with Gasteiger partial charge in [0.15, 0.2) is 0 Å². The van der Waals surface area contributed by atoms with Crippen molar-refractivity contribution in [2.24, 2.45) is 5.41 Å². The van der Waals surface area contributed by atoms with Crippen molar-refractivity contribution in [3.05, 3.63) is 18.5 Å². The second-order valence-corrected chi connectivity index (χ2v) is 5.01. The highest BCUT2D eigenvalue weighted by Gasteiger charge is 2.33. The van der Waals surface area contributed by atoms with Gasteiger partial charge >= 0.3 is 7.12 Å². The van der Waals surface area contributed by atoms with Gasteiger partial charge < -0.3 is 14.0 Å². The van der Waals surface area contributed by atoms with Gasteiger partial charge in [0.1, 0.15) is 5.75 Å². The average Bonchev–Trinajstić information content (AvgIpc) is 2.30. The van der Waals surface area contributed by atoms with E-state index in [2.05, 4.69) is 18.8 Å². The van der Waals surface area contributed by atoms with Crippen molar-refractivity contribution in [3.63, 3.8) is 0 Å². The minimum atomic E-state index is -0.323. The summed E-state index contributed by atoms with van der Waals surface area (Å²) in [5, 5.41) is 0. The van der Waals surface area contributed by atoms with Gasteiger partial charge in [-0.1, -0.05) is 13.8 Å². The molecule has 5 heteroatoms. The van der Waals surface area contributed by atoms with Crippen LogP contribution in [0.4, 0.5) is 0 Å². The predicted molar refractivity (Wildman–Crippen MR) is 66.5 cm³/mol. The number of nitrogens with zero attached hydrogens (tertiary/aromatic N) is 1. The van der Waals surface area contributed by atoms with Crippen LogP contribution in [0.5, 0.6) is 5.75 Å². The van der Waals surface area contributed by atoms with Gasteiger partial charge in [-0.15, -0.1) is 0 Å². The Morgan fingerprint density at radius 1 is 1.35 bits per heavy atom. The van der Waals surface area contributed by atoms with Crippen LogP contribution in [0.2, 0.25) is 0 Å². The highest BCUT2D eigenvalue weighted by Crippen LogP contribution is 2.21. The summed E-state index contributed by atoms with van der Waals surface area (Å²) >= 11 is 0. The molecule has 1 fully saturated rings. The number of ether oxygens (including phenoxy) is 1. The van der Waals surface area contributed by atoms with Crippen LogP contribution < -0.4 is 10.2 Å². The van der Waals surface area contributed by atoms with Gasteiger partial charge in [-0.3, -0.25) is 4.98 Å². The van der Waals surface area contributed by atoms with E-state index in [9.17, 15) is 0 Å². The standard InChI is InChI=1S/C12H18BNO3/c1-4-15-11-5-10(6-14-7-11)13-16-8-12(2,3)9-17-13/h5-7H,4,8-9H2,1-3H3. The van der Waals surface area contributed by atoms with Crippen LogP contribution in [0, 0.1) is 5.41 Å². The fourth-order valence-corrected chi connectivity index (χ4v) is 1.69. The molecule has 0 aliphatic carbocycles. The molecule has 0 aromatic carbocycles. The van der Waals surface area contributed by atoms with E-state index in [0.717, 1.165) is 11.2 Å². The van der Waals surface area contributed by atoms with Crippen molar-refractivity contribution >= 4 is 12.6 Å². The maximum Gasteiger partial charge on any atom is 0.495 e. The molecule has 0 N–H and O–H groups in total.